The largest absolute Gasteiger partial charge is 0.497 e. The quantitative estimate of drug-likeness (QED) is 0.519. The number of hydrogen-bond acceptors (Lipinski definition) is 7. The number of anilines is 1. The molecule has 35 heavy (non-hydrogen) atoms. The van der Waals surface area contributed by atoms with Gasteiger partial charge in [-0.2, -0.15) is 10.1 Å². The van der Waals surface area contributed by atoms with Crippen molar-refractivity contribution in [1.82, 2.24) is 30.0 Å². The number of carbonyl (C=O) groups is 2. The van der Waals surface area contributed by atoms with Crippen LogP contribution in [0.25, 0.3) is 11.1 Å². The van der Waals surface area contributed by atoms with E-state index in [2.05, 4.69) is 20.2 Å². The summed E-state index contributed by atoms with van der Waals surface area (Å²) in [6.07, 6.45) is 7.24. The van der Waals surface area contributed by atoms with Gasteiger partial charge in [0.1, 0.15) is 5.75 Å². The molecule has 182 valence electrons. The van der Waals surface area contributed by atoms with E-state index >= 15 is 0 Å². The van der Waals surface area contributed by atoms with Crippen molar-refractivity contribution in [3.05, 3.63) is 48.4 Å². The summed E-state index contributed by atoms with van der Waals surface area (Å²) in [6, 6.07) is 7.53. The second kappa shape index (κ2) is 9.24. The van der Waals surface area contributed by atoms with Gasteiger partial charge < -0.3 is 19.3 Å². The molecule has 3 amide bonds. The summed E-state index contributed by atoms with van der Waals surface area (Å²) in [5.41, 5.74) is 1.99. The number of ether oxygens (including phenoxy) is 2. The third kappa shape index (κ3) is 4.13. The Bertz CT molecular complexity index is 1210. The zero-order valence-electron chi connectivity index (χ0n) is 19.7. The molecular weight excluding hydrogens is 450 g/mol. The Hall–Kier alpha value is -4.15. The molecule has 5 rings (SSSR count). The molecular formula is C24H27N7O4. The predicted molar refractivity (Wildman–Crippen MR) is 127 cm³/mol. The minimum atomic E-state index is -0.445. The number of likely N-dealkylation sites (tertiary alicyclic amines) is 1. The van der Waals surface area contributed by atoms with Crippen LogP contribution < -0.4 is 14.4 Å². The topological polar surface area (TPSA) is 117 Å². The number of aromatic nitrogens is 4. The van der Waals surface area contributed by atoms with Crippen LogP contribution in [0.4, 0.5) is 10.7 Å². The lowest BCUT2D eigenvalue weighted by Gasteiger charge is -2.42. The molecule has 2 saturated heterocycles. The number of carbonyl (C=O) groups excluding carboxylic acids is 2. The van der Waals surface area contributed by atoms with Gasteiger partial charge >= 0.3 is 6.03 Å². The third-order valence-corrected chi connectivity index (χ3v) is 6.82. The third-order valence-electron chi connectivity index (χ3n) is 6.82. The standard InChI is InChI=1S/C24H27N7O4/c1-34-19-5-3-4-17(10-19)14-31-23(33)30(15-24(31)6-8-29(16-32)9-7-24)22-25-13-20(21(28-22)35-2)18-11-26-27-12-18/h3-5,10-13,16H,6-9,14-15H2,1-2H3,(H,26,27). The van der Waals surface area contributed by atoms with Crippen LogP contribution in [0, 0.1) is 0 Å². The molecule has 0 radical (unpaired) electrons. The van der Waals surface area contributed by atoms with E-state index in [1.807, 2.05) is 29.2 Å². The van der Waals surface area contributed by atoms with E-state index in [9.17, 15) is 9.59 Å². The van der Waals surface area contributed by atoms with Crippen LogP contribution in [0.1, 0.15) is 18.4 Å². The molecule has 11 nitrogen and oxygen atoms in total. The SMILES string of the molecule is COc1cccc(CN2C(=O)N(c3ncc(-c4cn[nH]c4)c(OC)n3)CC23CCN(C=O)CC3)c1. The second-order valence-electron chi connectivity index (χ2n) is 8.75. The Kier molecular flexibility index (Phi) is 5.98. The Morgan fingerprint density at radius 3 is 2.69 bits per heavy atom. The van der Waals surface area contributed by atoms with Crippen molar-refractivity contribution in [3.63, 3.8) is 0 Å². The summed E-state index contributed by atoms with van der Waals surface area (Å²) >= 11 is 0. The summed E-state index contributed by atoms with van der Waals surface area (Å²) < 4.78 is 10.9. The average Bonchev–Trinajstić information content (AvgIpc) is 3.53. The first kappa shape index (κ1) is 22.6. The molecule has 0 aliphatic carbocycles. The summed E-state index contributed by atoms with van der Waals surface area (Å²) in [7, 11) is 3.16. The molecule has 0 atom stereocenters. The molecule has 1 N–H and O–H groups in total. The summed E-state index contributed by atoms with van der Waals surface area (Å²) in [6.45, 7) is 2.01. The molecule has 11 heteroatoms. The Labute approximate surface area is 202 Å². The van der Waals surface area contributed by atoms with Gasteiger partial charge in [0, 0.05) is 37.6 Å². The number of rotatable bonds is 7. The lowest BCUT2D eigenvalue weighted by molar-refractivity contribution is -0.120. The van der Waals surface area contributed by atoms with Gasteiger partial charge in [0.25, 0.3) is 0 Å². The molecule has 2 aliphatic heterocycles. The predicted octanol–water partition coefficient (Wildman–Crippen LogP) is 2.32. The second-order valence-corrected chi connectivity index (χ2v) is 8.75. The van der Waals surface area contributed by atoms with Gasteiger partial charge in [-0.3, -0.25) is 14.8 Å². The fraction of sp³-hybridized carbons (Fsp3) is 0.375. The minimum Gasteiger partial charge on any atom is -0.497 e. The van der Waals surface area contributed by atoms with E-state index in [4.69, 9.17) is 9.47 Å². The van der Waals surface area contributed by atoms with Gasteiger partial charge in [0.05, 0.1) is 38.1 Å². The highest BCUT2D eigenvalue weighted by Crippen LogP contribution is 2.39. The first-order valence-corrected chi connectivity index (χ1v) is 11.4. The van der Waals surface area contributed by atoms with E-state index in [0.717, 1.165) is 23.3 Å². The van der Waals surface area contributed by atoms with Crippen molar-refractivity contribution in [2.75, 3.05) is 38.8 Å². The lowest BCUT2D eigenvalue weighted by Crippen LogP contribution is -2.53. The van der Waals surface area contributed by atoms with E-state index in [1.165, 1.54) is 7.11 Å². The van der Waals surface area contributed by atoms with Gasteiger partial charge in [-0.25, -0.2) is 9.78 Å². The molecule has 2 aromatic heterocycles. The molecule has 0 bridgehead atoms. The van der Waals surface area contributed by atoms with Gasteiger partial charge in [-0.05, 0) is 30.5 Å². The molecule has 1 aromatic carbocycles. The number of amides is 3. The zero-order chi connectivity index (χ0) is 24.4. The van der Waals surface area contributed by atoms with Crippen molar-refractivity contribution in [2.24, 2.45) is 0 Å². The molecule has 3 aromatic rings. The van der Waals surface area contributed by atoms with Crippen molar-refractivity contribution >= 4 is 18.4 Å². The molecule has 1 spiro atoms. The zero-order valence-corrected chi connectivity index (χ0v) is 19.7. The van der Waals surface area contributed by atoms with E-state index < -0.39 is 5.54 Å². The van der Waals surface area contributed by atoms with Crippen LogP contribution in [-0.4, -0.2) is 81.8 Å². The van der Waals surface area contributed by atoms with Crippen LogP contribution in [0.3, 0.4) is 0 Å². The number of nitrogens with zero attached hydrogens (tertiary/aromatic N) is 6. The molecule has 0 unspecified atom stereocenters. The van der Waals surface area contributed by atoms with Crippen molar-refractivity contribution in [1.29, 1.82) is 0 Å². The molecule has 0 saturated carbocycles. The summed E-state index contributed by atoms with van der Waals surface area (Å²) in [4.78, 5) is 39.5. The monoisotopic (exact) mass is 477 g/mol. The van der Waals surface area contributed by atoms with Crippen molar-refractivity contribution in [3.8, 4) is 22.8 Å². The first-order valence-electron chi connectivity index (χ1n) is 11.4. The Morgan fingerprint density at radius 2 is 2.00 bits per heavy atom. The fourth-order valence-electron chi connectivity index (χ4n) is 4.85. The van der Waals surface area contributed by atoms with Crippen LogP contribution >= 0.6 is 0 Å². The fourth-order valence-corrected chi connectivity index (χ4v) is 4.85. The Balaban J connectivity index is 1.48. The number of aromatic amines is 1. The summed E-state index contributed by atoms with van der Waals surface area (Å²) in [5, 5.41) is 6.74. The first-order chi connectivity index (χ1) is 17.1. The van der Waals surface area contributed by atoms with E-state index in [1.54, 1.807) is 35.5 Å². The highest BCUT2D eigenvalue weighted by atomic mass is 16.5. The number of piperidine rings is 1. The maximum absolute atomic E-state index is 13.8. The van der Waals surface area contributed by atoms with Gasteiger partial charge in [0.15, 0.2) is 0 Å². The van der Waals surface area contributed by atoms with E-state index in [0.29, 0.717) is 50.5 Å². The van der Waals surface area contributed by atoms with E-state index in [-0.39, 0.29) is 12.0 Å². The van der Waals surface area contributed by atoms with Crippen LogP contribution in [-0.2, 0) is 11.3 Å². The molecule has 2 fully saturated rings. The van der Waals surface area contributed by atoms with Crippen LogP contribution in [0.15, 0.2) is 42.9 Å². The van der Waals surface area contributed by atoms with Crippen LogP contribution in [0.2, 0.25) is 0 Å². The van der Waals surface area contributed by atoms with Gasteiger partial charge in [0.2, 0.25) is 18.2 Å². The highest BCUT2D eigenvalue weighted by molar-refractivity contribution is 5.94. The number of methoxy groups -OCH3 is 2. The summed E-state index contributed by atoms with van der Waals surface area (Å²) in [5.74, 6) is 1.38. The number of urea groups is 1. The van der Waals surface area contributed by atoms with Gasteiger partial charge in [-0.1, -0.05) is 12.1 Å². The molecule has 4 heterocycles. The number of H-pyrrole nitrogens is 1. The Morgan fingerprint density at radius 1 is 1.17 bits per heavy atom. The smallest absolute Gasteiger partial charge is 0.327 e. The highest BCUT2D eigenvalue weighted by Gasteiger charge is 2.52. The molecule has 2 aliphatic rings. The van der Waals surface area contributed by atoms with Crippen LogP contribution in [0.5, 0.6) is 11.6 Å². The lowest BCUT2D eigenvalue weighted by atomic mass is 9.86. The number of benzene rings is 1. The minimum absolute atomic E-state index is 0.175. The maximum atomic E-state index is 13.8. The van der Waals surface area contributed by atoms with Gasteiger partial charge in [-0.15, -0.1) is 0 Å². The normalized spacial score (nSPS) is 17.2. The number of nitrogens with one attached hydrogen (secondary N) is 1. The number of hydrogen-bond donors (Lipinski definition) is 1. The van der Waals surface area contributed by atoms with Crippen molar-refractivity contribution in [2.45, 2.75) is 24.9 Å². The maximum Gasteiger partial charge on any atom is 0.327 e. The average molecular weight is 478 g/mol. The van der Waals surface area contributed by atoms with Crippen molar-refractivity contribution < 1.29 is 19.1 Å².